The minimum atomic E-state index is -0.410. The fourth-order valence-corrected chi connectivity index (χ4v) is 1.92. The van der Waals surface area contributed by atoms with E-state index in [0.29, 0.717) is 5.82 Å². The molecule has 3 N–H and O–H groups in total. The number of carbonyl (C=O) groups is 2. The second-order valence-corrected chi connectivity index (χ2v) is 4.74. The van der Waals surface area contributed by atoms with E-state index in [1.165, 1.54) is 11.8 Å². The number of benzene rings is 1. The van der Waals surface area contributed by atoms with Crippen molar-refractivity contribution in [1.82, 2.24) is 9.78 Å². The third-order valence-corrected chi connectivity index (χ3v) is 3.06. The molecule has 1 amide bonds. The molecule has 2 rings (SSSR count). The van der Waals surface area contributed by atoms with Gasteiger partial charge < -0.3 is 15.8 Å². The summed E-state index contributed by atoms with van der Waals surface area (Å²) >= 11 is 0. The summed E-state index contributed by atoms with van der Waals surface area (Å²) in [5.41, 5.74) is 6.89. The first-order valence-electron chi connectivity index (χ1n) is 6.79. The molecule has 23 heavy (non-hydrogen) atoms. The Kier molecular flexibility index (Phi) is 7.24. The SMILES string of the molecule is COC(=O)Cn1ccc(NC(=O)CC(N)c2ccccc2)n1.Cl. The third-order valence-electron chi connectivity index (χ3n) is 3.06. The topological polar surface area (TPSA) is 99.2 Å². The van der Waals surface area contributed by atoms with Crippen LogP contribution < -0.4 is 11.1 Å². The Hall–Kier alpha value is -2.38. The molecule has 1 atom stereocenters. The molecule has 1 aromatic carbocycles. The number of ether oxygens (including phenoxy) is 1. The minimum Gasteiger partial charge on any atom is -0.468 e. The van der Waals surface area contributed by atoms with Crippen LogP contribution in [0.1, 0.15) is 18.0 Å². The van der Waals surface area contributed by atoms with Gasteiger partial charge in [-0.05, 0) is 5.56 Å². The average Bonchev–Trinajstić information content (AvgIpc) is 2.94. The van der Waals surface area contributed by atoms with Crippen LogP contribution >= 0.6 is 12.4 Å². The van der Waals surface area contributed by atoms with Gasteiger partial charge in [0.2, 0.25) is 5.91 Å². The molecule has 2 aromatic rings. The van der Waals surface area contributed by atoms with Crippen LogP contribution in [0.2, 0.25) is 0 Å². The maximum atomic E-state index is 12.0. The molecular weight excluding hydrogens is 320 g/mol. The van der Waals surface area contributed by atoms with Crippen molar-refractivity contribution >= 4 is 30.1 Å². The largest absolute Gasteiger partial charge is 0.468 e. The van der Waals surface area contributed by atoms with E-state index >= 15 is 0 Å². The number of hydrogen-bond acceptors (Lipinski definition) is 5. The smallest absolute Gasteiger partial charge is 0.327 e. The Morgan fingerprint density at radius 3 is 2.65 bits per heavy atom. The number of methoxy groups -OCH3 is 1. The fourth-order valence-electron chi connectivity index (χ4n) is 1.92. The van der Waals surface area contributed by atoms with Crippen LogP contribution in [0.4, 0.5) is 5.82 Å². The second-order valence-electron chi connectivity index (χ2n) is 4.74. The Labute approximate surface area is 140 Å². The Balaban J connectivity index is 0.00000264. The summed E-state index contributed by atoms with van der Waals surface area (Å²) in [6.45, 7) is -0.00407. The summed E-state index contributed by atoms with van der Waals surface area (Å²) in [4.78, 5) is 23.1. The molecule has 0 aliphatic rings. The van der Waals surface area contributed by atoms with Crippen molar-refractivity contribution in [2.75, 3.05) is 12.4 Å². The van der Waals surface area contributed by atoms with Crippen LogP contribution in [0.5, 0.6) is 0 Å². The summed E-state index contributed by atoms with van der Waals surface area (Å²) in [5.74, 6) is -0.277. The standard InChI is InChI=1S/C15H18N4O3.ClH/c1-22-15(21)10-19-8-7-13(18-19)17-14(20)9-12(16)11-5-3-2-4-6-11;/h2-8,12H,9-10,16H2,1H3,(H,17,18,20);1H. The first-order valence-corrected chi connectivity index (χ1v) is 6.79. The number of hydrogen-bond donors (Lipinski definition) is 2. The maximum absolute atomic E-state index is 12.0. The summed E-state index contributed by atoms with van der Waals surface area (Å²) in [5, 5.41) is 6.71. The van der Waals surface area contributed by atoms with Gasteiger partial charge in [0.1, 0.15) is 6.54 Å². The molecule has 8 heteroatoms. The summed E-state index contributed by atoms with van der Waals surface area (Å²) in [7, 11) is 1.31. The molecule has 0 fully saturated rings. The molecule has 0 spiro atoms. The van der Waals surface area contributed by atoms with Gasteiger partial charge >= 0.3 is 5.97 Å². The van der Waals surface area contributed by atoms with Crippen molar-refractivity contribution in [3.8, 4) is 0 Å². The van der Waals surface area contributed by atoms with Gasteiger partial charge in [0, 0.05) is 24.7 Å². The van der Waals surface area contributed by atoms with E-state index in [2.05, 4.69) is 15.2 Å². The number of nitrogens with two attached hydrogens (primary N) is 1. The molecule has 0 aliphatic carbocycles. The second kappa shape index (κ2) is 8.92. The van der Waals surface area contributed by atoms with Gasteiger partial charge in [0.15, 0.2) is 5.82 Å². The lowest BCUT2D eigenvalue weighted by Crippen LogP contribution is -2.21. The predicted molar refractivity (Wildman–Crippen MR) is 88.1 cm³/mol. The van der Waals surface area contributed by atoms with Crippen molar-refractivity contribution in [2.24, 2.45) is 5.73 Å². The summed E-state index contributed by atoms with van der Waals surface area (Å²) < 4.78 is 5.93. The zero-order valence-electron chi connectivity index (χ0n) is 12.6. The molecule has 0 saturated heterocycles. The van der Waals surface area contributed by atoms with E-state index in [1.807, 2.05) is 30.3 Å². The number of anilines is 1. The normalized spacial score (nSPS) is 11.2. The maximum Gasteiger partial charge on any atom is 0.327 e. The first-order chi connectivity index (χ1) is 10.6. The molecule has 124 valence electrons. The summed E-state index contributed by atoms with van der Waals surface area (Å²) in [6.07, 6.45) is 1.73. The highest BCUT2D eigenvalue weighted by molar-refractivity contribution is 5.90. The molecule has 7 nitrogen and oxygen atoms in total. The van der Waals surface area contributed by atoms with Crippen LogP contribution in [0.25, 0.3) is 0 Å². The minimum absolute atomic E-state index is 0. The van der Waals surface area contributed by atoms with Crippen molar-refractivity contribution in [2.45, 2.75) is 19.0 Å². The molecule has 0 aliphatic heterocycles. The number of nitrogens with one attached hydrogen (secondary N) is 1. The lowest BCUT2D eigenvalue weighted by molar-refractivity contribution is -0.141. The van der Waals surface area contributed by atoms with Crippen molar-refractivity contribution in [3.05, 3.63) is 48.2 Å². The van der Waals surface area contributed by atoms with E-state index in [1.54, 1.807) is 12.3 Å². The highest BCUT2D eigenvalue weighted by atomic mass is 35.5. The fraction of sp³-hybridized carbons (Fsp3) is 0.267. The average molecular weight is 339 g/mol. The van der Waals surface area contributed by atoms with E-state index in [-0.39, 0.29) is 37.3 Å². The van der Waals surface area contributed by atoms with Crippen molar-refractivity contribution in [1.29, 1.82) is 0 Å². The van der Waals surface area contributed by atoms with Gasteiger partial charge in [-0.3, -0.25) is 14.3 Å². The van der Waals surface area contributed by atoms with Crippen molar-refractivity contribution < 1.29 is 14.3 Å². The number of aromatic nitrogens is 2. The summed E-state index contributed by atoms with van der Waals surface area (Å²) in [6, 6.07) is 10.6. The highest BCUT2D eigenvalue weighted by Gasteiger charge is 2.13. The Morgan fingerprint density at radius 2 is 2.00 bits per heavy atom. The van der Waals surface area contributed by atoms with Crippen LogP contribution in [0, 0.1) is 0 Å². The van der Waals surface area contributed by atoms with Gasteiger partial charge in [-0.1, -0.05) is 30.3 Å². The number of esters is 1. The van der Waals surface area contributed by atoms with Gasteiger partial charge in [-0.25, -0.2) is 0 Å². The van der Waals surface area contributed by atoms with E-state index in [0.717, 1.165) is 5.56 Å². The monoisotopic (exact) mass is 338 g/mol. The quantitative estimate of drug-likeness (QED) is 0.778. The molecule has 1 unspecified atom stereocenters. The van der Waals surface area contributed by atoms with Gasteiger partial charge in [0.25, 0.3) is 0 Å². The van der Waals surface area contributed by atoms with E-state index in [4.69, 9.17) is 5.73 Å². The lowest BCUT2D eigenvalue weighted by atomic mass is 10.0. The van der Waals surface area contributed by atoms with Gasteiger partial charge in [-0.15, -0.1) is 12.4 Å². The molecule has 1 aromatic heterocycles. The van der Waals surface area contributed by atoms with Crippen LogP contribution in [-0.4, -0.2) is 28.8 Å². The highest BCUT2D eigenvalue weighted by Crippen LogP contribution is 2.14. The zero-order chi connectivity index (χ0) is 15.9. The van der Waals surface area contributed by atoms with E-state index in [9.17, 15) is 9.59 Å². The molecular formula is C15H19ClN4O3. The number of rotatable bonds is 6. The third kappa shape index (κ3) is 5.72. The Bertz CT molecular complexity index is 645. The van der Waals surface area contributed by atoms with Crippen LogP contribution in [0.15, 0.2) is 42.6 Å². The number of carbonyl (C=O) groups excluding carboxylic acids is 2. The number of amides is 1. The molecule has 0 bridgehead atoms. The predicted octanol–water partition coefficient (Wildman–Crippen LogP) is 1.51. The number of halogens is 1. The molecule has 0 saturated carbocycles. The molecule has 0 radical (unpaired) electrons. The first kappa shape index (κ1) is 18.7. The lowest BCUT2D eigenvalue weighted by Gasteiger charge is -2.11. The van der Waals surface area contributed by atoms with Crippen molar-refractivity contribution in [3.63, 3.8) is 0 Å². The number of nitrogens with zero attached hydrogens (tertiary/aromatic N) is 2. The van der Waals surface area contributed by atoms with Crippen LogP contribution in [0.3, 0.4) is 0 Å². The van der Waals surface area contributed by atoms with E-state index < -0.39 is 5.97 Å². The Morgan fingerprint density at radius 1 is 1.30 bits per heavy atom. The zero-order valence-corrected chi connectivity index (χ0v) is 13.5. The molecule has 1 heterocycles. The van der Waals surface area contributed by atoms with Gasteiger partial charge in [0.05, 0.1) is 7.11 Å². The van der Waals surface area contributed by atoms with Crippen LogP contribution in [-0.2, 0) is 20.9 Å². The van der Waals surface area contributed by atoms with Gasteiger partial charge in [-0.2, -0.15) is 5.10 Å².